The van der Waals surface area contributed by atoms with Crippen molar-refractivity contribution in [2.24, 2.45) is 0 Å². The van der Waals surface area contributed by atoms with Gasteiger partial charge in [0.05, 0.1) is 23.6 Å². The van der Waals surface area contributed by atoms with Crippen molar-refractivity contribution in [2.45, 2.75) is 52.5 Å². The van der Waals surface area contributed by atoms with Gasteiger partial charge in [0.25, 0.3) is 5.56 Å². The molecule has 1 fully saturated rings. The topological polar surface area (TPSA) is 74.3 Å². The number of anilines is 1. The molecule has 0 saturated carbocycles. The second-order valence-corrected chi connectivity index (χ2v) is 7.71. The third kappa shape index (κ3) is 4.04. The molecule has 0 aliphatic carbocycles. The average Bonchev–Trinajstić information content (AvgIpc) is 2.60. The lowest BCUT2D eigenvalue weighted by Crippen LogP contribution is -2.47. The van der Waals surface area contributed by atoms with Crippen LogP contribution in [0.4, 0.5) is 5.95 Å². The fourth-order valence-electron chi connectivity index (χ4n) is 4.03. The minimum Gasteiger partial charge on any atom is -0.372 e. The van der Waals surface area contributed by atoms with Gasteiger partial charge in [0.1, 0.15) is 0 Å². The molecule has 27 heavy (non-hydrogen) atoms. The summed E-state index contributed by atoms with van der Waals surface area (Å²) in [4.78, 5) is 29.5. The van der Waals surface area contributed by atoms with Crippen molar-refractivity contribution in [2.75, 3.05) is 24.5 Å². The van der Waals surface area contributed by atoms with Crippen molar-refractivity contribution < 1.29 is 4.74 Å². The summed E-state index contributed by atoms with van der Waals surface area (Å²) < 4.78 is 5.80. The SMILES string of the molecule is Cc1cccc(CN2CCc3c(nc(N4C[C@@H](C)O[C@H](C)C4)[nH]c3=O)C2)n1. The van der Waals surface area contributed by atoms with Crippen molar-refractivity contribution in [1.29, 1.82) is 0 Å². The highest BCUT2D eigenvalue weighted by molar-refractivity contribution is 5.35. The maximum absolute atomic E-state index is 12.6. The summed E-state index contributed by atoms with van der Waals surface area (Å²) in [5, 5.41) is 0. The quantitative estimate of drug-likeness (QED) is 0.887. The number of nitrogens with one attached hydrogen (secondary N) is 1. The molecule has 2 aromatic rings. The van der Waals surface area contributed by atoms with Crippen molar-refractivity contribution >= 4 is 5.95 Å². The zero-order valence-electron chi connectivity index (χ0n) is 16.2. The van der Waals surface area contributed by atoms with E-state index in [4.69, 9.17) is 9.72 Å². The molecule has 4 rings (SSSR count). The van der Waals surface area contributed by atoms with Gasteiger partial charge in [0.2, 0.25) is 5.95 Å². The van der Waals surface area contributed by atoms with E-state index in [1.54, 1.807) is 0 Å². The zero-order chi connectivity index (χ0) is 19.0. The summed E-state index contributed by atoms with van der Waals surface area (Å²) in [5.41, 5.74) is 3.79. The molecule has 0 bridgehead atoms. The van der Waals surface area contributed by atoms with E-state index in [-0.39, 0.29) is 17.8 Å². The number of nitrogens with zero attached hydrogens (tertiary/aromatic N) is 4. The molecule has 0 radical (unpaired) electrons. The van der Waals surface area contributed by atoms with Crippen molar-refractivity contribution in [3.63, 3.8) is 0 Å². The summed E-state index contributed by atoms with van der Waals surface area (Å²) in [6.07, 6.45) is 0.970. The highest BCUT2D eigenvalue weighted by Crippen LogP contribution is 2.20. The van der Waals surface area contributed by atoms with Gasteiger partial charge in [0, 0.05) is 44.0 Å². The van der Waals surface area contributed by atoms with Gasteiger partial charge in [-0.15, -0.1) is 0 Å². The summed E-state index contributed by atoms with van der Waals surface area (Å²) in [7, 11) is 0. The molecule has 1 saturated heterocycles. The Balaban J connectivity index is 1.55. The number of aryl methyl sites for hydroxylation is 1. The monoisotopic (exact) mass is 369 g/mol. The van der Waals surface area contributed by atoms with E-state index in [9.17, 15) is 4.79 Å². The molecular formula is C20H27N5O2. The van der Waals surface area contributed by atoms with Gasteiger partial charge in [0.15, 0.2) is 0 Å². The molecule has 1 N–H and O–H groups in total. The Morgan fingerprint density at radius 1 is 1.22 bits per heavy atom. The van der Waals surface area contributed by atoms with Crippen LogP contribution in [0.3, 0.4) is 0 Å². The summed E-state index contributed by atoms with van der Waals surface area (Å²) >= 11 is 0. The first-order valence-electron chi connectivity index (χ1n) is 9.65. The van der Waals surface area contributed by atoms with Crippen LogP contribution in [0.25, 0.3) is 0 Å². The number of aromatic nitrogens is 3. The van der Waals surface area contributed by atoms with E-state index in [2.05, 4.69) is 39.7 Å². The van der Waals surface area contributed by atoms with Gasteiger partial charge in [-0.05, 0) is 39.3 Å². The summed E-state index contributed by atoms with van der Waals surface area (Å²) in [6.45, 7) is 9.89. The molecule has 2 aliphatic heterocycles. The first kappa shape index (κ1) is 18.1. The molecule has 0 aromatic carbocycles. The van der Waals surface area contributed by atoms with Crippen molar-refractivity contribution in [3.05, 3.63) is 51.2 Å². The van der Waals surface area contributed by atoms with Gasteiger partial charge < -0.3 is 9.64 Å². The number of aromatic amines is 1. The van der Waals surface area contributed by atoms with Crippen LogP contribution < -0.4 is 10.5 Å². The van der Waals surface area contributed by atoms with E-state index in [1.807, 2.05) is 19.1 Å². The number of ether oxygens (including phenoxy) is 1. The molecule has 0 amide bonds. The van der Waals surface area contributed by atoms with Crippen molar-refractivity contribution in [3.8, 4) is 0 Å². The van der Waals surface area contributed by atoms with Crippen LogP contribution in [0.1, 0.15) is 36.5 Å². The molecule has 2 aromatic heterocycles. The van der Waals surface area contributed by atoms with Gasteiger partial charge in [-0.3, -0.25) is 19.7 Å². The first-order chi connectivity index (χ1) is 13.0. The van der Waals surface area contributed by atoms with Crippen LogP contribution in [0.15, 0.2) is 23.0 Å². The molecule has 0 unspecified atom stereocenters. The van der Waals surface area contributed by atoms with Crippen LogP contribution in [-0.4, -0.2) is 51.7 Å². The van der Waals surface area contributed by atoms with E-state index < -0.39 is 0 Å². The van der Waals surface area contributed by atoms with Crippen LogP contribution in [0.2, 0.25) is 0 Å². The lowest BCUT2D eigenvalue weighted by molar-refractivity contribution is -0.00576. The summed E-state index contributed by atoms with van der Waals surface area (Å²) in [5.74, 6) is 0.663. The predicted octanol–water partition coefficient (Wildman–Crippen LogP) is 1.65. The molecule has 0 spiro atoms. The predicted molar refractivity (Wildman–Crippen MR) is 104 cm³/mol. The van der Waals surface area contributed by atoms with Crippen LogP contribution in [0, 0.1) is 6.92 Å². The Kier molecular flexibility index (Phi) is 4.97. The third-order valence-electron chi connectivity index (χ3n) is 5.19. The second-order valence-electron chi connectivity index (χ2n) is 7.71. The van der Waals surface area contributed by atoms with Gasteiger partial charge in [-0.25, -0.2) is 4.98 Å². The molecule has 4 heterocycles. The molecule has 7 nitrogen and oxygen atoms in total. The number of H-pyrrole nitrogens is 1. The minimum atomic E-state index is -0.00451. The number of fused-ring (bicyclic) bond motifs is 1. The number of hydrogen-bond acceptors (Lipinski definition) is 6. The highest BCUT2D eigenvalue weighted by Gasteiger charge is 2.27. The number of hydrogen-bond donors (Lipinski definition) is 1. The van der Waals surface area contributed by atoms with E-state index in [1.165, 1.54) is 0 Å². The van der Waals surface area contributed by atoms with Crippen LogP contribution >= 0.6 is 0 Å². The zero-order valence-corrected chi connectivity index (χ0v) is 16.2. The maximum atomic E-state index is 12.6. The fraction of sp³-hybridized carbons (Fsp3) is 0.550. The van der Waals surface area contributed by atoms with E-state index in [0.29, 0.717) is 12.5 Å². The normalized spacial score (nSPS) is 23.3. The first-order valence-corrected chi connectivity index (χ1v) is 9.65. The minimum absolute atomic E-state index is 0.00451. The lowest BCUT2D eigenvalue weighted by atomic mass is 10.1. The Morgan fingerprint density at radius 3 is 2.74 bits per heavy atom. The average molecular weight is 369 g/mol. The standard InChI is InChI=1S/C20H27N5O2/c1-13-5-4-6-16(21-13)11-24-8-7-17-18(12-24)22-20(23-19(17)26)25-9-14(2)27-15(3)10-25/h4-6,14-15H,7-12H2,1-3H3,(H,22,23,26)/t14-,15-/m1/s1. The maximum Gasteiger partial charge on any atom is 0.255 e. The van der Waals surface area contributed by atoms with Gasteiger partial charge >= 0.3 is 0 Å². The lowest BCUT2D eigenvalue weighted by Gasteiger charge is -2.36. The molecule has 7 heteroatoms. The van der Waals surface area contributed by atoms with Crippen LogP contribution in [-0.2, 0) is 24.2 Å². The van der Waals surface area contributed by atoms with E-state index >= 15 is 0 Å². The van der Waals surface area contributed by atoms with Crippen molar-refractivity contribution in [1.82, 2.24) is 19.9 Å². The van der Waals surface area contributed by atoms with E-state index in [0.717, 1.165) is 55.2 Å². The molecular weight excluding hydrogens is 342 g/mol. The molecule has 2 aliphatic rings. The number of pyridine rings is 1. The third-order valence-corrected chi connectivity index (χ3v) is 5.19. The Labute approximate surface area is 159 Å². The van der Waals surface area contributed by atoms with Gasteiger partial charge in [-0.1, -0.05) is 6.07 Å². The molecule has 2 atom stereocenters. The number of morpholine rings is 1. The largest absolute Gasteiger partial charge is 0.372 e. The molecule has 144 valence electrons. The Hall–Kier alpha value is -2.25. The Morgan fingerprint density at radius 2 is 2.00 bits per heavy atom. The highest BCUT2D eigenvalue weighted by atomic mass is 16.5. The smallest absolute Gasteiger partial charge is 0.255 e. The van der Waals surface area contributed by atoms with Gasteiger partial charge in [-0.2, -0.15) is 0 Å². The Bertz CT molecular complexity index is 871. The number of rotatable bonds is 3. The van der Waals surface area contributed by atoms with Crippen LogP contribution in [0.5, 0.6) is 0 Å². The summed E-state index contributed by atoms with van der Waals surface area (Å²) in [6, 6.07) is 6.10. The fourth-order valence-corrected chi connectivity index (χ4v) is 4.03. The second kappa shape index (κ2) is 7.40.